The fourth-order valence-corrected chi connectivity index (χ4v) is 2.96. The van der Waals surface area contributed by atoms with Crippen LogP contribution in [-0.2, 0) is 10.1 Å². The Labute approximate surface area is 125 Å². The molecule has 1 rings (SSSR count). The molecule has 0 radical (unpaired) electrons. The minimum atomic E-state index is -3.92. The summed E-state index contributed by atoms with van der Waals surface area (Å²) in [4.78, 5) is 1.93. The van der Waals surface area contributed by atoms with E-state index in [-0.39, 0.29) is 0 Å². The van der Waals surface area contributed by atoms with E-state index < -0.39 is 10.1 Å². The molecule has 1 saturated heterocycles. The van der Waals surface area contributed by atoms with Crippen molar-refractivity contribution in [1.82, 2.24) is 0 Å². The molecule has 1 heterocycles. The molecule has 0 amide bonds. The highest BCUT2D eigenvalue weighted by atomic mass is 32.2. The summed E-state index contributed by atoms with van der Waals surface area (Å²) in [7, 11) is -3.92. The Balaban J connectivity index is 0.000000621. The molecule has 1 aliphatic rings. The summed E-state index contributed by atoms with van der Waals surface area (Å²) in [5.74, 6) is 0. The van der Waals surface area contributed by atoms with Gasteiger partial charge in [0.05, 0.1) is 29.2 Å². The number of piperidine rings is 1. The number of nitrogens with one attached hydrogen (secondary N) is 1. The molecule has 0 aliphatic carbocycles. The van der Waals surface area contributed by atoms with Gasteiger partial charge in [-0.2, -0.15) is 0 Å². The first-order valence-corrected chi connectivity index (χ1v) is 9.95. The van der Waals surface area contributed by atoms with E-state index in [1.807, 2.05) is 4.90 Å². The van der Waals surface area contributed by atoms with Gasteiger partial charge in [-0.3, -0.25) is 0 Å². The number of likely N-dealkylation sites (tertiary alicyclic amines) is 1. The molecule has 1 aliphatic heterocycles. The second-order valence-corrected chi connectivity index (χ2v) is 7.31. The molecular formula is C15H33NO3S. The molecule has 122 valence electrons. The first-order valence-electron chi connectivity index (χ1n) is 8.13. The fraction of sp³-hybridized carbons (Fsp3) is 1.00. The lowest BCUT2D eigenvalue weighted by molar-refractivity contribution is -0.931. The van der Waals surface area contributed by atoms with Gasteiger partial charge < -0.3 is 9.45 Å². The van der Waals surface area contributed by atoms with Crippen molar-refractivity contribution in [3.63, 3.8) is 0 Å². The van der Waals surface area contributed by atoms with Crippen molar-refractivity contribution in [1.29, 1.82) is 0 Å². The van der Waals surface area contributed by atoms with Crippen molar-refractivity contribution in [2.45, 2.75) is 77.7 Å². The summed E-state index contributed by atoms with van der Waals surface area (Å²) >= 11 is 0. The average molecular weight is 308 g/mol. The van der Waals surface area contributed by atoms with Crippen LogP contribution in [0.15, 0.2) is 0 Å². The molecule has 0 aromatic heterocycles. The number of rotatable bonds is 7. The van der Waals surface area contributed by atoms with E-state index in [0.717, 1.165) is 6.04 Å². The zero-order valence-electron chi connectivity index (χ0n) is 13.5. The highest BCUT2D eigenvalue weighted by molar-refractivity contribution is 7.84. The summed E-state index contributed by atoms with van der Waals surface area (Å²) < 4.78 is 27.2. The van der Waals surface area contributed by atoms with Gasteiger partial charge in [-0.15, -0.1) is 0 Å². The van der Waals surface area contributed by atoms with Gasteiger partial charge in [0, 0.05) is 6.26 Å². The van der Waals surface area contributed by atoms with Crippen molar-refractivity contribution < 1.29 is 17.9 Å². The predicted molar refractivity (Wildman–Crippen MR) is 83.0 cm³/mol. The second kappa shape index (κ2) is 11.5. The van der Waals surface area contributed by atoms with E-state index >= 15 is 0 Å². The highest BCUT2D eigenvalue weighted by Gasteiger charge is 2.24. The topological polar surface area (TPSA) is 61.6 Å². The molecule has 20 heavy (non-hydrogen) atoms. The maximum atomic E-state index is 9.08. The minimum Gasteiger partial charge on any atom is -0.748 e. The zero-order valence-corrected chi connectivity index (χ0v) is 14.3. The van der Waals surface area contributed by atoms with Crippen LogP contribution in [-0.4, -0.2) is 38.4 Å². The summed E-state index contributed by atoms with van der Waals surface area (Å²) in [5, 5.41) is 0. The molecule has 4 nitrogen and oxygen atoms in total. The lowest BCUT2D eigenvalue weighted by Crippen LogP contribution is -3.16. The Bertz CT molecular complexity index is 307. The van der Waals surface area contributed by atoms with E-state index in [0.29, 0.717) is 6.26 Å². The van der Waals surface area contributed by atoms with E-state index in [2.05, 4.69) is 13.8 Å². The molecule has 0 aromatic carbocycles. The van der Waals surface area contributed by atoms with E-state index in [9.17, 15) is 0 Å². The molecule has 0 aromatic rings. The highest BCUT2D eigenvalue weighted by Crippen LogP contribution is 2.08. The normalized spacial score (nSPS) is 23.0. The van der Waals surface area contributed by atoms with Gasteiger partial charge in [-0.25, -0.2) is 8.42 Å². The Kier molecular flexibility index (Phi) is 11.4. The Hall–Kier alpha value is -0.130. The Morgan fingerprint density at radius 1 is 1.10 bits per heavy atom. The van der Waals surface area contributed by atoms with Gasteiger partial charge in [0.2, 0.25) is 0 Å². The SMILES string of the molecule is CCCCCC[NH+]1CCCCC1CCC.CS(=O)(=O)[O-]. The third-order valence-corrected chi connectivity index (χ3v) is 3.87. The maximum absolute atomic E-state index is 9.08. The molecule has 1 N–H and O–H groups in total. The van der Waals surface area contributed by atoms with E-state index in [1.54, 1.807) is 0 Å². The molecule has 1 fully saturated rings. The third-order valence-electron chi connectivity index (χ3n) is 3.87. The van der Waals surface area contributed by atoms with Gasteiger partial charge in [-0.05, 0) is 38.5 Å². The molecule has 0 spiro atoms. The monoisotopic (exact) mass is 307 g/mol. The van der Waals surface area contributed by atoms with Gasteiger partial charge in [0.25, 0.3) is 0 Å². The van der Waals surface area contributed by atoms with Crippen LogP contribution in [0.25, 0.3) is 0 Å². The molecule has 2 atom stereocenters. The van der Waals surface area contributed by atoms with Gasteiger partial charge in [-0.1, -0.05) is 33.1 Å². The molecule has 0 saturated carbocycles. The predicted octanol–water partition coefficient (Wildman–Crippen LogP) is 1.97. The molecular weight excluding hydrogens is 274 g/mol. The van der Waals surface area contributed by atoms with Crippen LogP contribution in [0.2, 0.25) is 0 Å². The van der Waals surface area contributed by atoms with Crippen LogP contribution in [0.5, 0.6) is 0 Å². The lowest BCUT2D eigenvalue weighted by Gasteiger charge is -2.32. The summed E-state index contributed by atoms with van der Waals surface area (Å²) in [6.45, 7) is 7.54. The van der Waals surface area contributed by atoms with Crippen LogP contribution < -0.4 is 4.90 Å². The molecule has 2 unspecified atom stereocenters. The zero-order chi connectivity index (χ0) is 15.4. The van der Waals surface area contributed by atoms with Crippen molar-refractivity contribution >= 4 is 10.1 Å². The summed E-state index contributed by atoms with van der Waals surface area (Å²) in [6, 6.07) is 1.00. The second-order valence-electron chi connectivity index (χ2n) is 5.90. The van der Waals surface area contributed by atoms with Crippen molar-refractivity contribution in [3.05, 3.63) is 0 Å². The lowest BCUT2D eigenvalue weighted by atomic mass is 9.98. The molecule has 5 heteroatoms. The van der Waals surface area contributed by atoms with Crippen LogP contribution in [0.4, 0.5) is 0 Å². The summed E-state index contributed by atoms with van der Waals surface area (Å²) in [5.41, 5.74) is 0. The van der Waals surface area contributed by atoms with Crippen LogP contribution >= 0.6 is 0 Å². The number of quaternary nitrogens is 1. The fourth-order valence-electron chi connectivity index (χ4n) is 2.96. The smallest absolute Gasteiger partial charge is 0.0916 e. The minimum absolute atomic E-state index is 0.604. The van der Waals surface area contributed by atoms with Crippen molar-refractivity contribution in [2.75, 3.05) is 19.3 Å². The number of unbranched alkanes of at least 4 members (excludes halogenated alkanes) is 3. The van der Waals surface area contributed by atoms with Crippen molar-refractivity contribution in [3.8, 4) is 0 Å². The van der Waals surface area contributed by atoms with Gasteiger partial charge in [0.15, 0.2) is 0 Å². The number of hydrogen-bond acceptors (Lipinski definition) is 3. The van der Waals surface area contributed by atoms with Gasteiger partial charge in [0.1, 0.15) is 0 Å². The standard InChI is InChI=1S/C14H29N.CH4O3S/c1-3-5-6-8-12-15-13-9-7-11-14(15)10-4-2;1-5(2,3)4/h14H,3-13H2,1-2H3;1H3,(H,2,3,4). The Morgan fingerprint density at radius 2 is 1.75 bits per heavy atom. The van der Waals surface area contributed by atoms with Gasteiger partial charge >= 0.3 is 0 Å². The van der Waals surface area contributed by atoms with E-state index in [4.69, 9.17) is 13.0 Å². The quantitative estimate of drug-likeness (QED) is 0.578. The van der Waals surface area contributed by atoms with Crippen LogP contribution in [0, 0.1) is 0 Å². The first kappa shape index (κ1) is 19.9. The van der Waals surface area contributed by atoms with Crippen LogP contribution in [0.1, 0.15) is 71.6 Å². The summed E-state index contributed by atoms with van der Waals surface area (Å²) in [6.07, 6.45) is 13.6. The Morgan fingerprint density at radius 3 is 2.30 bits per heavy atom. The maximum Gasteiger partial charge on any atom is 0.0916 e. The average Bonchev–Trinajstić information content (AvgIpc) is 2.35. The van der Waals surface area contributed by atoms with Crippen LogP contribution in [0.3, 0.4) is 0 Å². The molecule has 0 bridgehead atoms. The first-order chi connectivity index (χ1) is 9.38. The number of hydrogen-bond donors (Lipinski definition) is 1. The third kappa shape index (κ3) is 12.9. The van der Waals surface area contributed by atoms with Crippen molar-refractivity contribution in [2.24, 2.45) is 0 Å². The van der Waals surface area contributed by atoms with E-state index in [1.165, 1.54) is 70.9 Å². The largest absolute Gasteiger partial charge is 0.748 e.